The van der Waals surface area contributed by atoms with Crippen molar-refractivity contribution >= 4 is 21.7 Å². The number of hydrogen-bond acceptors (Lipinski definition) is 5. The summed E-state index contributed by atoms with van der Waals surface area (Å²) in [4.78, 5) is 12.5. The summed E-state index contributed by atoms with van der Waals surface area (Å²) in [6, 6.07) is 6.68. The summed E-state index contributed by atoms with van der Waals surface area (Å²) in [5, 5.41) is 10.0. The molecule has 0 spiro atoms. The second-order valence-electron chi connectivity index (χ2n) is 6.52. The molecular weight excluding hydrogens is 373 g/mol. The predicted octanol–water partition coefficient (Wildman–Crippen LogP) is 0.941. The van der Waals surface area contributed by atoms with Gasteiger partial charge in [0.25, 0.3) is 0 Å². The number of halogens is 1. The molecule has 2 aromatic rings. The van der Waals surface area contributed by atoms with Crippen molar-refractivity contribution in [3.8, 4) is 0 Å². The fourth-order valence-corrected chi connectivity index (χ4v) is 4.73. The Morgan fingerprint density at radius 1 is 1.26 bits per heavy atom. The molecule has 2 heterocycles. The van der Waals surface area contributed by atoms with E-state index in [1.54, 1.807) is 31.0 Å². The molecule has 1 aliphatic rings. The molecule has 0 atom stereocenters. The van der Waals surface area contributed by atoms with Gasteiger partial charge in [0, 0.05) is 39.4 Å². The Balaban J connectivity index is 1.80. The highest BCUT2D eigenvalue weighted by atomic mass is 32.2. The minimum absolute atomic E-state index is 0.0902. The third-order valence-corrected chi connectivity index (χ3v) is 6.65. The monoisotopic (exact) mass is 395 g/mol. The van der Waals surface area contributed by atoms with Crippen molar-refractivity contribution in [1.29, 1.82) is 0 Å². The first-order chi connectivity index (χ1) is 12.8. The van der Waals surface area contributed by atoms with Gasteiger partial charge in [0.1, 0.15) is 17.2 Å². The second-order valence-corrected chi connectivity index (χ2v) is 8.46. The molecule has 1 aromatic heterocycles. The van der Waals surface area contributed by atoms with Gasteiger partial charge in [-0.05, 0) is 31.0 Å². The van der Waals surface area contributed by atoms with E-state index in [4.69, 9.17) is 0 Å². The van der Waals surface area contributed by atoms with Gasteiger partial charge in [0.05, 0.1) is 4.90 Å². The van der Waals surface area contributed by atoms with Crippen LogP contribution < -0.4 is 10.6 Å². The molecular formula is C17H22FN5O3S. The van der Waals surface area contributed by atoms with Gasteiger partial charge in [-0.15, -0.1) is 0 Å². The van der Waals surface area contributed by atoms with Crippen molar-refractivity contribution in [3.63, 3.8) is 0 Å². The van der Waals surface area contributed by atoms with Crippen LogP contribution in [0.4, 0.5) is 10.2 Å². The zero-order chi connectivity index (χ0) is 19.7. The molecule has 10 heteroatoms. The number of piperidine rings is 1. The predicted molar refractivity (Wildman–Crippen MR) is 98.0 cm³/mol. The van der Waals surface area contributed by atoms with Gasteiger partial charge in [-0.2, -0.15) is 9.40 Å². The molecule has 0 unspecified atom stereocenters. The van der Waals surface area contributed by atoms with E-state index >= 15 is 0 Å². The molecule has 1 aromatic carbocycles. The number of likely N-dealkylation sites (N-methyl/N-ethyl adjacent to an activating group) is 1. The third-order valence-electron chi connectivity index (χ3n) is 4.75. The lowest BCUT2D eigenvalue weighted by Gasteiger charge is -2.40. The summed E-state index contributed by atoms with van der Waals surface area (Å²) in [7, 11) is -0.510. The topological polar surface area (TPSA) is 96.3 Å². The molecule has 1 saturated heterocycles. The Hall–Kier alpha value is -2.46. The molecule has 27 heavy (non-hydrogen) atoms. The molecule has 146 valence electrons. The molecule has 8 nitrogen and oxygen atoms in total. The molecule has 0 saturated carbocycles. The van der Waals surface area contributed by atoms with E-state index in [0.717, 1.165) is 6.07 Å². The summed E-state index contributed by atoms with van der Waals surface area (Å²) >= 11 is 0. The summed E-state index contributed by atoms with van der Waals surface area (Å²) in [5.74, 6) is -0.289. The van der Waals surface area contributed by atoms with E-state index in [2.05, 4.69) is 15.7 Å². The molecule has 1 fully saturated rings. The van der Waals surface area contributed by atoms with E-state index in [9.17, 15) is 17.6 Å². The highest BCUT2D eigenvalue weighted by molar-refractivity contribution is 7.89. The number of sulfonamides is 1. The van der Waals surface area contributed by atoms with Crippen LogP contribution in [0.2, 0.25) is 0 Å². The van der Waals surface area contributed by atoms with Gasteiger partial charge in [0.15, 0.2) is 0 Å². The Bertz CT molecular complexity index is 936. The van der Waals surface area contributed by atoms with Crippen molar-refractivity contribution in [2.75, 3.05) is 25.5 Å². The van der Waals surface area contributed by atoms with Crippen LogP contribution in [0.1, 0.15) is 12.8 Å². The Morgan fingerprint density at radius 2 is 1.96 bits per heavy atom. The van der Waals surface area contributed by atoms with E-state index in [1.165, 1.54) is 22.5 Å². The summed E-state index contributed by atoms with van der Waals surface area (Å²) < 4.78 is 41.9. The number of nitrogens with one attached hydrogen (secondary N) is 2. The Labute approximate surface area is 157 Å². The maximum atomic E-state index is 13.4. The molecule has 3 rings (SSSR count). The fourth-order valence-electron chi connectivity index (χ4n) is 3.26. The molecule has 1 aliphatic heterocycles. The number of rotatable bonds is 5. The fraction of sp³-hybridized carbons (Fsp3) is 0.412. The van der Waals surface area contributed by atoms with Crippen LogP contribution in [0.3, 0.4) is 0 Å². The first-order valence-corrected chi connectivity index (χ1v) is 9.97. The quantitative estimate of drug-likeness (QED) is 0.786. The number of amides is 1. The van der Waals surface area contributed by atoms with E-state index in [0.29, 0.717) is 5.82 Å². The number of benzene rings is 1. The minimum atomic E-state index is -3.82. The normalized spacial score (nSPS) is 17.4. The number of anilines is 1. The molecule has 2 N–H and O–H groups in total. The average molecular weight is 395 g/mol. The van der Waals surface area contributed by atoms with E-state index in [1.807, 2.05) is 0 Å². The Kier molecular flexibility index (Phi) is 5.20. The highest BCUT2D eigenvalue weighted by Gasteiger charge is 2.44. The van der Waals surface area contributed by atoms with Gasteiger partial charge in [-0.25, -0.2) is 12.8 Å². The molecule has 0 aliphatic carbocycles. The highest BCUT2D eigenvalue weighted by Crippen LogP contribution is 2.30. The number of nitrogens with zero attached hydrogens (tertiary/aromatic N) is 3. The van der Waals surface area contributed by atoms with Crippen LogP contribution in [0, 0.1) is 5.82 Å². The van der Waals surface area contributed by atoms with Gasteiger partial charge < -0.3 is 10.6 Å². The van der Waals surface area contributed by atoms with Crippen molar-refractivity contribution in [2.24, 2.45) is 7.05 Å². The summed E-state index contributed by atoms with van der Waals surface area (Å²) in [6.45, 7) is 0.262. The zero-order valence-corrected chi connectivity index (χ0v) is 16.0. The zero-order valence-electron chi connectivity index (χ0n) is 15.1. The first-order valence-electron chi connectivity index (χ1n) is 8.53. The largest absolute Gasteiger partial charge is 0.357 e. The van der Waals surface area contributed by atoms with E-state index < -0.39 is 21.4 Å². The lowest BCUT2D eigenvalue weighted by atomic mass is 9.87. The maximum absolute atomic E-state index is 13.4. The first kappa shape index (κ1) is 19.3. The number of hydrogen-bond donors (Lipinski definition) is 2. The van der Waals surface area contributed by atoms with Crippen LogP contribution in [-0.4, -0.2) is 54.1 Å². The van der Waals surface area contributed by atoms with Gasteiger partial charge in [0.2, 0.25) is 15.9 Å². The second kappa shape index (κ2) is 7.28. The lowest BCUT2D eigenvalue weighted by molar-refractivity contribution is -0.126. The van der Waals surface area contributed by atoms with Crippen LogP contribution in [0.15, 0.2) is 41.4 Å². The molecule has 0 radical (unpaired) electrons. The molecule has 1 amide bonds. The summed E-state index contributed by atoms with van der Waals surface area (Å²) in [6.07, 6.45) is 2.28. The average Bonchev–Trinajstić information content (AvgIpc) is 3.06. The third kappa shape index (κ3) is 3.81. The number of aromatic nitrogens is 2. The van der Waals surface area contributed by atoms with E-state index in [-0.39, 0.29) is 36.7 Å². The van der Waals surface area contributed by atoms with Crippen molar-refractivity contribution in [2.45, 2.75) is 23.3 Å². The Morgan fingerprint density at radius 3 is 2.52 bits per heavy atom. The van der Waals surface area contributed by atoms with Crippen molar-refractivity contribution in [3.05, 3.63) is 42.3 Å². The van der Waals surface area contributed by atoms with Crippen LogP contribution >= 0.6 is 0 Å². The standard InChI is InChI=1S/C17H22FN5O3S/c1-19-16(24)17(20-15-6-9-22(2)21-15)7-10-23(11-8-17)27(25,26)14-5-3-4-13(18)12-14/h3-6,9,12H,7-8,10-11H2,1-2H3,(H,19,24)(H,20,21). The van der Waals surface area contributed by atoms with Crippen LogP contribution in [0.25, 0.3) is 0 Å². The van der Waals surface area contributed by atoms with Gasteiger partial charge in [-0.1, -0.05) is 6.07 Å². The summed E-state index contributed by atoms with van der Waals surface area (Å²) in [5.41, 5.74) is -0.961. The SMILES string of the molecule is CNC(=O)C1(Nc2ccn(C)n2)CCN(S(=O)(=O)c2cccc(F)c2)CC1. The number of carbonyl (C=O) groups excluding carboxylic acids is 1. The minimum Gasteiger partial charge on any atom is -0.357 e. The van der Waals surface area contributed by atoms with Gasteiger partial charge in [-0.3, -0.25) is 9.48 Å². The lowest BCUT2D eigenvalue weighted by Crippen LogP contribution is -2.58. The number of carbonyl (C=O) groups is 1. The smallest absolute Gasteiger partial charge is 0.245 e. The van der Waals surface area contributed by atoms with Crippen LogP contribution in [-0.2, 0) is 21.9 Å². The number of aryl methyl sites for hydroxylation is 1. The van der Waals surface area contributed by atoms with Gasteiger partial charge >= 0.3 is 0 Å². The van der Waals surface area contributed by atoms with Crippen LogP contribution in [0.5, 0.6) is 0 Å². The maximum Gasteiger partial charge on any atom is 0.245 e. The van der Waals surface area contributed by atoms with Crippen molar-refractivity contribution < 1.29 is 17.6 Å². The van der Waals surface area contributed by atoms with Crippen molar-refractivity contribution in [1.82, 2.24) is 19.4 Å². The molecule has 0 bridgehead atoms.